The molecular weight excluding hydrogens is 378 g/mol. The highest BCUT2D eigenvalue weighted by Crippen LogP contribution is 2.17. The van der Waals surface area contributed by atoms with Gasteiger partial charge < -0.3 is 15.0 Å². The predicted octanol–water partition coefficient (Wildman–Crippen LogP) is 3.68. The summed E-state index contributed by atoms with van der Waals surface area (Å²) < 4.78 is 33.2. The van der Waals surface area contributed by atoms with Gasteiger partial charge in [-0.25, -0.2) is 8.78 Å². The third-order valence-corrected chi connectivity index (χ3v) is 4.15. The molecule has 1 N–H and O–H groups in total. The van der Waals surface area contributed by atoms with Crippen LogP contribution in [-0.2, 0) is 16.1 Å². The monoisotopic (exact) mass is 404 g/mol. The minimum absolute atomic E-state index is 0.0708. The van der Waals surface area contributed by atoms with Gasteiger partial charge in [-0.1, -0.05) is 30.3 Å². The second kappa shape index (κ2) is 9.49. The number of amides is 2. The lowest BCUT2D eigenvalue weighted by Crippen LogP contribution is -2.53. The molecule has 2 aromatic rings. The Kier molecular flexibility index (Phi) is 7.31. The van der Waals surface area contributed by atoms with E-state index in [0.29, 0.717) is 0 Å². The molecule has 0 saturated carbocycles. The zero-order chi connectivity index (χ0) is 21.6. The molecule has 0 aromatic heterocycles. The van der Waals surface area contributed by atoms with Crippen LogP contribution in [0.2, 0.25) is 0 Å². The Morgan fingerprint density at radius 1 is 1.03 bits per heavy atom. The third kappa shape index (κ3) is 6.55. The number of halogens is 2. The van der Waals surface area contributed by atoms with Gasteiger partial charge in [-0.05, 0) is 45.9 Å². The highest BCUT2D eigenvalue weighted by molar-refractivity contribution is 5.88. The summed E-state index contributed by atoms with van der Waals surface area (Å²) >= 11 is 0. The Balaban J connectivity index is 2.20. The van der Waals surface area contributed by atoms with Crippen LogP contribution in [0.5, 0.6) is 5.75 Å². The molecule has 2 amide bonds. The van der Waals surface area contributed by atoms with E-state index in [1.807, 2.05) is 20.8 Å². The lowest BCUT2D eigenvalue weighted by molar-refractivity contribution is -0.142. The Hall–Kier alpha value is -2.96. The number of benzene rings is 2. The van der Waals surface area contributed by atoms with E-state index in [4.69, 9.17) is 4.74 Å². The number of nitrogens with one attached hydrogen (secondary N) is 1. The molecule has 0 aliphatic carbocycles. The van der Waals surface area contributed by atoms with Gasteiger partial charge in [-0.3, -0.25) is 9.59 Å². The number of hydrogen-bond acceptors (Lipinski definition) is 3. The summed E-state index contributed by atoms with van der Waals surface area (Å²) in [4.78, 5) is 26.7. The summed E-state index contributed by atoms with van der Waals surface area (Å²) in [7, 11) is 0. The van der Waals surface area contributed by atoms with Crippen LogP contribution < -0.4 is 10.1 Å². The Morgan fingerprint density at radius 2 is 1.62 bits per heavy atom. The first-order valence-electron chi connectivity index (χ1n) is 9.30. The van der Waals surface area contributed by atoms with Gasteiger partial charge >= 0.3 is 0 Å². The van der Waals surface area contributed by atoms with E-state index in [1.165, 1.54) is 29.2 Å². The van der Waals surface area contributed by atoms with Gasteiger partial charge in [-0.2, -0.15) is 0 Å². The number of carbonyl (C=O) groups excluding carboxylic acids is 2. The fourth-order valence-corrected chi connectivity index (χ4v) is 2.65. The van der Waals surface area contributed by atoms with E-state index >= 15 is 0 Å². The molecule has 0 aliphatic heterocycles. The highest BCUT2D eigenvalue weighted by Gasteiger charge is 2.29. The molecular formula is C22H26F2N2O3. The molecule has 5 nitrogen and oxygen atoms in total. The third-order valence-electron chi connectivity index (χ3n) is 4.15. The van der Waals surface area contributed by atoms with E-state index in [1.54, 1.807) is 31.2 Å². The maximum absolute atomic E-state index is 14.1. The molecule has 0 heterocycles. The molecule has 0 spiro atoms. The molecule has 1 atom stereocenters. The molecule has 7 heteroatoms. The van der Waals surface area contributed by atoms with Gasteiger partial charge in [0, 0.05) is 17.6 Å². The van der Waals surface area contributed by atoms with Gasteiger partial charge in [0.1, 0.15) is 11.9 Å². The summed E-state index contributed by atoms with van der Waals surface area (Å²) in [6.07, 6.45) is 0. The number of para-hydroxylation sites is 1. The lowest BCUT2D eigenvalue weighted by atomic mass is 10.1. The van der Waals surface area contributed by atoms with E-state index in [-0.39, 0.29) is 23.8 Å². The topological polar surface area (TPSA) is 58.6 Å². The molecule has 2 rings (SSSR count). The van der Waals surface area contributed by atoms with Crippen molar-refractivity contribution < 1.29 is 23.1 Å². The van der Waals surface area contributed by atoms with Gasteiger partial charge in [0.05, 0.1) is 0 Å². The number of carbonyl (C=O) groups is 2. The first kappa shape index (κ1) is 22.3. The maximum atomic E-state index is 14.1. The average molecular weight is 404 g/mol. The number of nitrogens with zero attached hydrogens (tertiary/aromatic N) is 1. The summed E-state index contributed by atoms with van der Waals surface area (Å²) in [5, 5.41) is 2.81. The van der Waals surface area contributed by atoms with Gasteiger partial charge in [0.2, 0.25) is 5.91 Å². The standard InChI is InChI=1S/C22H26F2N2O3/c1-15(21(28)25-22(2,3)4)26(13-16-9-5-6-10-17(16)23)20(27)14-29-19-12-8-7-11-18(19)24/h5-12,15H,13-14H2,1-4H3,(H,25,28)/t15-/m1/s1. The van der Waals surface area contributed by atoms with Crippen molar-refractivity contribution in [3.8, 4) is 5.75 Å². The molecule has 156 valence electrons. The van der Waals surface area contributed by atoms with Crippen LogP contribution in [0.4, 0.5) is 8.78 Å². The second-order valence-corrected chi connectivity index (χ2v) is 7.75. The largest absolute Gasteiger partial charge is 0.481 e. The molecule has 0 radical (unpaired) electrons. The number of hydrogen-bond donors (Lipinski definition) is 1. The Labute approximate surface area is 169 Å². The van der Waals surface area contributed by atoms with Crippen molar-refractivity contribution in [2.75, 3.05) is 6.61 Å². The van der Waals surface area contributed by atoms with Gasteiger partial charge in [-0.15, -0.1) is 0 Å². The predicted molar refractivity (Wildman–Crippen MR) is 106 cm³/mol. The molecule has 0 fully saturated rings. The first-order valence-corrected chi connectivity index (χ1v) is 9.30. The van der Waals surface area contributed by atoms with Gasteiger partial charge in [0.15, 0.2) is 18.2 Å². The summed E-state index contributed by atoms with van der Waals surface area (Å²) in [5.74, 6) is -2.09. The smallest absolute Gasteiger partial charge is 0.261 e. The first-order chi connectivity index (χ1) is 13.6. The molecule has 2 aromatic carbocycles. The van der Waals surface area contributed by atoms with Crippen LogP contribution in [0.3, 0.4) is 0 Å². The number of ether oxygens (including phenoxy) is 1. The van der Waals surface area contributed by atoms with Crippen LogP contribution in [0.1, 0.15) is 33.3 Å². The zero-order valence-electron chi connectivity index (χ0n) is 17.0. The van der Waals surface area contributed by atoms with E-state index < -0.39 is 35.7 Å². The van der Waals surface area contributed by atoms with Gasteiger partial charge in [0.25, 0.3) is 5.91 Å². The summed E-state index contributed by atoms with van der Waals surface area (Å²) in [6, 6.07) is 10.8. The lowest BCUT2D eigenvalue weighted by Gasteiger charge is -2.31. The van der Waals surface area contributed by atoms with E-state index in [9.17, 15) is 18.4 Å². The fraction of sp³-hybridized carbons (Fsp3) is 0.364. The molecule has 0 unspecified atom stereocenters. The van der Waals surface area contributed by atoms with Crippen molar-refractivity contribution in [3.05, 3.63) is 65.7 Å². The average Bonchev–Trinajstić information content (AvgIpc) is 2.64. The van der Waals surface area contributed by atoms with Crippen molar-refractivity contribution in [3.63, 3.8) is 0 Å². The number of rotatable bonds is 7. The van der Waals surface area contributed by atoms with Crippen LogP contribution in [0.25, 0.3) is 0 Å². The van der Waals surface area contributed by atoms with Crippen molar-refractivity contribution >= 4 is 11.8 Å². The normalized spacial score (nSPS) is 12.2. The highest BCUT2D eigenvalue weighted by atomic mass is 19.1. The minimum Gasteiger partial charge on any atom is -0.481 e. The molecule has 29 heavy (non-hydrogen) atoms. The molecule has 0 aliphatic rings. The Bertz CT molecular complexity index is 865. The maximum Gasteiger partial charge on any atom is 0.261 e. The Morgan fingerprint density at radius 3 is 2.21 bits per heavy atom. The zero-order valence-corrected chi connectivity index (χ0v) is 17.0. The fourth-order valence-electron chi connectivity index (χ4n) is 2.65. The summed E-state index contributed by atoms with van der Waals surface area (Å²) in [5.41, 5.74) is -0.232. The van der Waals surface area contributed by atoms with Crippen molar-refractivity contribution in [1.29, 1.82) is 0 Å². The second-order valence-electron chi connectivity index (χ2n) is 7.75. The van der Waals surface area contributed by atoms with E-state index in [0.717, 1.165) is 0 Å². The SMILES string of the molecule is C[C@H](C(=O)NC(C)(C)C)N(Cc1ccccc1F)C(=O)COc1ccccc1F. The van der Waals surface area contributed by atoms with Crippen LogP contribution in [0.15, 0.2) is 48.5 Å². The van der Waals surface area contributed by atoms with Crippen molar-refractivity contribution in [2.24, 2.45) is 0 Å². The van der Waals surface area contributed by atoms with Crippen LogP contribution >= 0.6 is 0 Å². The molecule has 0 saturated heterocycles. The van der Waals surface area contributed by atoms with Crippen LogP contribution in [-0.4, -0.2) is 34.9 Å². The van der Waals surface area contributed by atoms with Crippen molar-refractivity contribution in [2.45, 2.75) is 45.8 Å². The van der Waals surface area contributed by atoms with Crippen LogP contribution in [0, 0.1) is 11.6 Å². The quantitative estimate of drug-likeness (QED) is 0.766. The summed E-state index contributed by atoms with van der Waals surface area (Å²) in [6.45, 7) is 6.42. The van der Waals surface area contributed by atoms with E-state index in [2.05, 4.69) is 5.32 Å². The molecule has 0 bridgehead atoms. The van der Waals surface area contributed by atoms with Crippen molar-refractivity contribution in [1.82, 2.24) is 10.2 Å². The minimum atomic E-state index is -0.884.